The Bertz CT molecular complexity index is 355. The van der Waals surface area contributed by atoms with Gasteiger partial charge in [-0.25, -0.2) is 0 Å². The van der Waals surface area contributed by atoms with E-state index >= 15 is 0 Å². The number of halogens is 3. The van der Waals surface area contributed by atoms with Crippen LogP contribution >= 0.6 is 0 Å². The van der Waals surface area contributed by atoms with E-state index in [2.05, 4.69) is 5.32 Å². The van der Waals surface area contributed by atoms with E-state index in [1.165, 1.54) is 6.92 Å². The summed E-state index contributed by atoms with van der Waals surface area (Å²) in [7, 11) is 0. The molecule has 1 aliphatic rings. The fourth-order valence-electron chi connectivity index (χ4n) is 2.13. The lowest BCUT2D eigenvalue weighted by atomic mass is 10.1. The molecule has 1 saturated heterocycles. The van der Waals surface area contributed by atoms with E-state index in [-0.39, 0.29) is 18.9 Å². The molecule has 0 aromatic carbocycles. The molecule has 0 saturated carbocycles. The Morgan fingerprint density at radius 3 is 2.38 bits per heavy atom. The van der Waals surface area contributed by atoms with Crippen LogP contribution in [0.5, 0.6) is 0 Å². The van der Waals surface area contributed by atoms with Crippen LogP contribution in [-0.4, -0.2) is 55.1 Å². The molecule has 1 heterocycles. The Kier molecular flexibility index (Phi) is 6.94. The van der Waals surface area contributed by atoms with Gasteiger partial charge in [0.05, 0.1) is 6.04 Å². The first-order valence-corrected chi connectivity index (χ1v) is 7.15. The number of likely N-dealkylation sites (tertiary alicyclic amines) is 1. The van der Waals surface area contributed by atoms with Gasteiger partial charge in [-0.3, -0.25) is 9.59 Å². The second-order valence-corrected chi connectivity index (χ2v) is 5.20. The summed E-state index contributed by atoms with van der Waals surface area (Å²) in [5.41, 5.74) is 0. The highest BCUT2D eigenvalue weighted by Crippen LogP contribution is 2.12. The van der Waals surface area contributed by atoms with Gasteiger partial charge in [0, 0.05) is 26.1 Å². The van der Waals surface area contributed by atoms with Gasteiger partial charge in [-0.15, -0.1) is 0 Å². The predicted molar refractivity (Wildman–Crippen MR) is 71.6 cm³/mol. The summed E-state index contributed by atoms with van der Waals surface area (Å²) in [6.45, 7) is 1.93. The average Bonchev–Trinajstić information content (AvgIpc) is 2.44. The van der Waals surface area contributed by atoms with Crippen LogP contribution in [0, 0.1) is 0 Å². The molecule has 0 aromatic rings. The summed E-state index contributed by atoms with van der Waals surface area (Å²) in [6, 6.07) is -0.762. The van der Waals surface area contributed by atoms with Gasteiger partial charge in [0.1, 0.15) is 6.54 Å². The van der Waals surface area contributed by atoms with Crippen molar-refractivity contribution in [1.82, 2.24) is 15.5 Å². The molecule has 5 nitrogen and oxygen atoms in total. The average molecular weight is 309 g/mol. The molecule has 1 fully saturated rings. The van der Waals surface area contributed by atoms with E-state index in [1.54, 1.807) is 10.2 Å². The number of nitrogens with one attached hydrogen (secondary N) is 2. The third kappa shape index (κ3) is 7.31. The number of amides is 2. The maximum Gasteiger partial charge on any atom is 0.405 e. The second-order valence-electron chi connectivity index (χ2n) is 5.20. The first-order chi connectivity index (χ1) is 9.79. The summed E-state index contributed by atoms with van der Waals surface area (Å²) in [5, 5.41) is 4.56. The second kappa shape index (κ2) is 8.21. The zero-order valence-corrected chi connectivity index (χ0v) is 12.1. The highest BCUT2D eigenvalue weighted by molar-refractivity contribution is 5.81. The largest absolute Gasteiger partial charge is 0.405 e. The smallest absolute Gasteiger partial charge is 0.346 e. The lowest BCUT2D eigenvalue weighted by Crippen LogP contribution is -2.46. The summed E-state index contributed by atoms with van der Waals surface area (Å²) in [5.74, 6) is -0.706. The predicted octanol–water partition coefficient (Wildman–Crippen LogP) is 1.05. The van der Waals surface area contributed by atoms with Crippen LogP contribution in [0.25, 0.3) is 0 Å². The normalized spacial score (nSPS) is 17.4. The van der Waals surface area contributed by atoms with Crippen molar-refractivity contribution in [2.75, 3.05) is 26.2 Å². The molecule has 8 heteroatoms. The Hall–Kier alpha value is -1.31. The minimum atomic E-state index is -4.42. The molecule has 2 amide bonds. The number of rotatable bonds is 6. The van der Waals surface area contributed by atoms with Gasteiger partial charge in [-0.1, -0.05) is 0 Å². The highest BCUT2D eigenvalue weighted by Gasteiger charge is 2.28. The number of hydrogen-bond donors (Lipinski definition) is 2. The van der Waals surface area contributed by atoms with Crippen molar-refractivity contribution in [3.05, 3.63) is 0 Å². The number of carbonyl (C=O) groups excluding carboxylic acids is 2. The number of carbonyl (C=O) groups is 2. The molecule has 1 atom stereocenters. The van der Waals surface area contributed by atoms with Crippen LogP contribution in [-0.2, 0) is 9.59 Å². The third-order valence-electron chi connectivity index (χ3n) is 3.35. The zero-order valence-electron chi connectivity index (χ0n) is 12.1. The van der Waals surface area contributed by atoms with E-state index in [1.807, 2.05) is 0 Å². The molecule has 0 bridgehead atoms. The van der Waals surface area contributed by atoms with Crippen LogP contribution in [0.3, 0.4) is 0 Å². The molecular weight excluding hydrogens is 287 g/mol. The van der Waals surface area contributed by atoms with Crippen molar-refractivity contribution in [1.29, 1.82) is 0 Å². The van der Waals surface area contributed by atoms with Crippen molar-refractivity contribution in [2.45, 2.75) is 44.8 Å². The molecule has 1 rings (SSSR count). The maximum absolute atomic E-state index is 12.0. The van der Waals surface area contributed by atoms with Crippen molar-refractivity contribution in [3.8, 4) is 0 Å². The molecule has 122 valence electrons. The fourth-order valence-corrected chi connectivity index (χ4v) is 2.13. The minimum absolute atomic E-state index is 0.0186. The van der Waals surface area contributed by atoms with E-state index in [9.17, 15) is 22.8 Å². The first-order valence-electron chi connectivity index (χ1n) is 7.15. The van der Waals surface area contributed by atoms with Crippen LogP contribution in [0.4, 0.5) is 13.2 Å². The molecule has 1 aliphatic heterocycles. The monoisotopic (exact) mass is 309 g/mol. The van der Waals surface area contributed by atoms with Crippen molar-refractivity contribution >= 4 is 11.8 Å². The van der Waals surface area contributed by atoms with Gasteiger partial charge >= 0.3 is 6.18 Å². The van der Waals surface area contributed by atoms with Crippen LogP contribution in [0.2, 0.25) is 0 Å². The zero-order chi connectivity index (χ0) is 15.9. The summed E-state index contributed by atoms with van der Waals surface area (Å²) in [4.78, 5) is 25.0. The van der Waals surface area contributed by atoms with Crippen molar-refractivity contribution in [2.24, 2.45) is 0 Å². The number of piperidine rings is 1. The van der Waals surface area contributed by atoms with Gasteiger partial charge in [-0.2, -0.15) is 13.2 Å². The molecule has 0 aliphatic carbocycles. The standard InChI is InChI=1S/C13H22F3N3O2/c1-10(12(21)18-9-13(14,15)16)17-6-5-11(20)19-7-3-2-4-8-19/h10,17H,2-9H2,1H3,(H,18,21). The lowest BCUT2D eigenvalue weighted by molar-refractivity contribution is -0.139. The number of alkyl halides is 3. The molecule has 0 spiro atoms. The summed E-state index contributed by atoms with van der Waals surface area (Å²) >= 11 is 0. The lowest BCUT2D eigenvalue weighted by Gasteiger charge is -2.27. The molecule has 21 heavy (non-hydrogen) atoms. The molecular formula is C13H22F3N3O2. The topological polar surface area (TPSA) is 61.4 Å². The first kappa shape index (κ1) is 17.7. The van der Waals surface area contributed by atoms with E-state index in [0.717, 1.165) is 32.4 Å². The minimum Gasteiger partial charge on any atom is -0.346 e. The van der Waals surface area contributed by atoms with Crippen molar-refractivity contribution in [3.63, 3.8) is 0 Å². The molecule has 2 N–H and O–H groups in total. The Balaban J connectivity index is 2.18. The van der Waals surface area contributed by atoms with Crippen molar-refractivity contribution < 1.29 is 22.8 Å². The maximum atomic E-state index is 12.0. The summed E-state index contributed by atoms with van der Waals surface area (Å²) < 4.78 is 35.9. The van der Waals surface area contributed by atoms with E-state index in [4.69, 9.17) is 0 Å². The third-order valence-corrected chi connectivity index (χ3v) is 3.35. The SMILES string of the molecule is CC(NCCC(=O)N1CCCCC1)C(=O)NCC(F)(F)F. The summed E-state index contributed by atoms with van der Waals surface area (Å²) in [6.07, 6.45) is -1.01. The molecule has 0 aromatic heterocycles. The Labute approximate surface area is 122 Å². The number of hydrogen-bond acceptors (Lipinski definition) is 3. The van der Waals surface area contributed by atoms with E-state index < -0.39 is 24.7 Å². The van der Waals surface area contributed by atoms with Gasteiger partial charge in [-0.05, 0) is 26.2 Å². The van der Waals surface area contributed by atoms with Crippen LogP contribution < -0.4 is 10.6 Å². The van der Waals surface area contributed by atoms with Crippen LogP contribution in [0.1, 0.15) is 32.6 Å². The van der Waals surface area contributed by atoms with Gasteiger partial charge in [0.15, 0.2) is 0 Å². The van der Waals surface area contributed by atoms with Gasteiger partial charge < -0.3 is 15.5 Å². The van der Waals surface area contributed by atoms with Gasteiger partial charge in [0.25, 0.3) is 0 Å². The van der Waals surface area contributed by atoms with Gasteiger partial charge in [0.2, 0.25) is 11.8 Å². The Morgan fingerprint density at radius 2 is 1.81 bits per heavy atom. The van der Waals surface area contributed by atoms with Crippen LogP contribution in [0.15, 0.2) is 0 Å². The Morgan fingerprint density at radius 1 is 1.19 bits per heavy atom. The molecule has 0 radical (unpaired) electrons. The highest BCUT2D eigenvalue weighted by atomic mass is 19.4. The van der Waals surface area contributed by atoms with E-state index in [0.29, 0.717) is 0 Å². The molecule has 1 unspecified atom stereocenters. The quantitative estimate of drug-likeness (QED) is 0.771. The fraction of sp³-hybridized carbons (Fsp3) is 0.846. The number of nitrogens with zero attached hydrogens (tertiary/aromatic N) is 1.